The maximum Gasteiger partial charge on any atom is 0.273 e. The van der Waals surface area contributed by atoms with E-state index >= 15 is 0 Å². The fraction of sp³-hybridized carbons (Fsp3) is 0.296. The fourth-order valence-corrected chi connectivity index (χ4v) is 5.22. The highest BCUT2D eigenvalue weighted by Gasteiger charge is 2.24. The monoisotopic (exact) mass is 473 g/mol. The van der Waals surface area contributed by atoms with Crippen LogP contribution < -0.4 is 19.5 Å². The molecule has 7 heteroatoms. The molecular weight excluding hydrogens is 446 g/mol. The minimum atomic E-state index is -0.320. The second kappa shape index (κ2) is 10.1. The molecule has 0 radical (unpaired) electrons. The van der Waals surface area contributed by atoms with Crippen molar-refractivity contribution in [3.8, 4) is 17.5 Å². The predicted molar refractivity (Wildman–Crippen MR) is 135 cm³/mol. The molecule has 3 aromatic rings. The number of aromatic nitrogens is 1. The Morgan fingerprint density at radius 2 is 1.85 bits per heavy atom. The number of hydrogen-bond donors (Lipinski definition) is 0. The van der Waals surface area contributed by atoms with Crippen molar-refractivity contribution in [2.75, 3.05) is 19.7 Å². The Morgan fingerprint density at radius 1 is 1.15 bits per heavy atom. The highest BCUT2D eigenvalue weighted by atomic mass is 32.1. The van der Waals surface area contributed by atoms with Gasteiger partial charge in [0.05, 0.1) is 16.8 Å². The number of thiazole rings is 1. The number of nitriles is 1. The molecule has 2 heterocycles. The first-order chi connectivity index (χ1) is 16.4. The maximum absolute atomic E-state index is 13.6. The van der Waals surface area contributed by atoms with Gasteiger partial charge >= 0.3 is 0 Å². The van der Waals surface area contributed by atoms with Crippen LogP contribution in [0.15, 0.2) is 47.3 Å². The molecule has 0 bridgehead atoms. The van der Waals surface area contributed by atoms with Crippen LogP contribution in [-0.4, -0.2) is 35.1 Å². The zero-order valence-electron chi connectivity index (χ0n) is 19.6. The molecule has 174 valence electrons. The van der Waals surface area contributed by atoms with Crippen molar-refractivity contribution >= 4 is 28.9 Å². The summed E-state index contributed by atoms with van der Waals surface area (Å²) in [6.07, 6.45) is 3.68. The number of carbonyl (C=O) groups excluding carboxylic acids is 1. The van der Waals surface area contributed by atoms with Gasteiger partial charge in [0, 0.05) is 13.1 Å². The summed E-state index contributed by atoms with van der Waals surface area (Å²) in [7, 11) is 0. The van der Waals surface area contributed by atoms with Crippen LogP contribution in [0.4, 0.5) is 0 Å². The molecule has 1 saturated heterocycles. The van der Waals surface area contributed by atoms with Crippen molar-refractivity contribution in [2.24, 2.45) is 0 Å². The van der Waals surface area contributed by atoms with Gasteiger partial charge in [0.15, 0.2) is 5.57 Å². The van der Waals surface area contributed by atoms with Gasteiger partial charge in [-0.25, -0.2) is 0 Å². The van der Waals surface area contributed by atoms with Gasteiger partial charge in [-0.15, -0.1) is 11.3 Å². The van der Waals surface area contributed by atoms with Gasteiger partial charge in [-0.3, -0.25) is 14.2 Å². The summed E-state index contributed by atoms with van der Waals surface area (Å²) in [6, 6.07) is 15.3. The molecule has 1 aromatic heterocycles. The maximum atomic E-state index is 13.6. The average Bonchev–Trinajstić information content (AvgIpc) is 3.46. The summed E-state index contributed by atoms with van der Waals surface area (Å²) < 4.78 is 7.83. The van der Waals surface area contributed by atoms with Crippen LogP contribution in [0.2, 0.25) is 0 Å². The van der Waals surface area contributed by atoms with Gasteiger partial charge in [-0.05, 0) is 75.1 Å². The average molecular weight is 474 g/mol. The molecule has 34 heavy (non-hydrogen) atoms. The second-order valence-electron chi connectivity index (χ2n) is 8.33. The normalized spacial score (nSPS) is 14.8. The molecule has 0 unspecified atom stereocenters. The van der Waals surface area contributed by atoms with Crippen molar-refractivity contribution in [3.05, 3.63) is 78.7 Å². The van der Waals surface area contributed by atoms with Crippen LogP contribution in [0.25, 0.3) is 17.3 Å². The molecule has 2 aromatic carbocycles. The van der Waals surface area contributed by atoms with E-state index in [4.69, 9.17) is 4.74 Å². The van der Waals surface area contributed by atoms with Crippen LogP contribution in [0.1, 0.15) is 36.5 Å². The van der Waals surface area contributed by atoms with Gasteiger partial charge in [0.25, 0.3) is 11.5 Å². The molecule has 1 fully saturated rings. The lowest BCUT2D eigenvalue weighted by molar-refractivity contribution is -0.123. The summed E-state index contributed by atoms with van der Waals surface area (Å²) in [6.45, 7) is 7.73. The Bertz CT molecular complexity index is 1440. The van der Waals surface area contributed by atoms with Gasteiger partial charge < -0.3 is 9.64 Å². The molecule has 6 nitrogen and oxygen atoms in total. The lowest BCUT2D eigenvalue weighted by Gasteiger charge is -2.14. The quantitative estimate of drug-likeness (QED) is 0.571. The predicted octanol–water partition coefficient (Wildman–Crippen LogP) is 3.04. The summed E-state index contributed by atoms with van der Waals surface area (Å²) >= 11 is 1.18. The molecule has 1 aliphatic heterocycles. The van der Waals surface area contributed by atoms with Crippen LogP contribution >= 0.6 is 11.3 Å². The number of ether oxygens (including phenoxy) is 1. The molecule has 0 aliphatic carbocycles. The van der Waals surface area contributed by atoms with Crippen LogP contribution in [-0.2, 0) is 4.79 Å². The van der Waals surface area contributed by atoms with E-state index in [-0.39, 0.29) is 17.0 Å². The molecule has 0 atom stereocenters. The number of nitrogens with zero attached hydrogens (tertiary/aromatic N) is 3. The van der Waals surface area contributed by atoms with Crippen molar-refractivity contribution in [3.63, 3.8) is 0 Å². The Labute approximate surface area is 202 Å². The lowest BCUT2D eigenvalue weighted by atomic mass is 10.1. The fourth-order valence-electron chi connectivity index (χ4n) is 4.14. The molecule has 1 amide bonds. The number of amides is 1. The van der Waals surface area contributed by atoms with E-state index in [0.717, 1.165) is 29.5 Å². The summed E-state index contributed by atoms with van der Waals surface area (Å²) in [5.74, 6) is 0.370. The minimum Gasteiger partial charge on any atom is -0.494 e. The van der Waals surface area contributed by atoms with Crippen LogP contribution in [0.5, 0.6) is 5.75 Å². The Balaban J connectivity index is 1.98. The van der Waals surface area contributed by atoms with E-state index in [1.165, 1.54) is 15.9 Å². The van der Waals surface area contributed by atoms with Gasteiger partial charge in [0.2, 0.25) is 0 Å². The van der Waals surface area contributed by atoms with Crippen molar-refractivity contribution in [1.29, 1.82) is 5.26 Å². The molecule has 0 N–H and O–H groups in total. The SMILES string of the molecule is CCOc1ccc(-n2c(=O)/c(=C\c3ccc(C)cc3C)s/c2=C(/C#N)C(=O)N2CCCC2)cc1. The molecule has 1 aliphatic rings. The van der Waals surface area contributed by atoms with Crippen LogP contribution in [0.3, 0.4) is 0 Å². The van der Waals surface area contributed by atoms with E-state index < -0.39 is 0 Å². The highest BCUT2D eigenvalue weighted by Crippen LogP contribution is 2.16. The van der Waals surface area contributed by atoms with Crippen molar-refractivity contribution in [1.82, 2.24) is 9.47 Å². The molecule has 4 rings (SSSR count). The summed E-state index contributed by atoms with van der Waals surface area (Å²) in [4.78, 5) is 28.5. The Kier molecular flexibility index (Phi) is 6.99. The molecule has 0 spiro atoms. The third-order valence-corrected chi connectivity index (χ3v) is 6.97. The first-order valence-electron chi connectivity index (χ1n) is 11.4. The van der Waals surface area contributed by atoms with Gasteiger partial charge in [-0.2, -0.15) is 5.26 Å². The van der Waals surface area contributed by atoms with Gasteiger partial charge in [-0.1, -0.05) is 23.8 Å². The zero-order chi connectivity index (χ0) is 24.2. The lowest BCUT2D eigenvalue weighted by Crippen LogP contribution is -2.35. The van der Waals surface area contributed by atoms with E-state index in [9.17, 15) is 14.9 Å². The summed E-state index contributed by atoms with van der Waals surface area (Å²) in [5, 5.41) is 9.99. The Hall–Kier alpha value is -3.63. The first kappa shape index (κ1) is 23.5. The van der Waals surface area contributed by atoms with Crippen molar-refractivity contribution < 1.29 is 9.53 Å². The zero-order valence-corrected chi connectivity index (χ0v) is 20.4. The first-order valence-corrected chi connectivity index (χ1v) is 12.2. The highest BCUT2D eigenvalue weighted by molar-refractivity contribution is 7.07. The van der Waals surface area contributed by atoms with Crippen molar-refractivity contribution in [2.45, 2.75) is 33.6 Å². The largest absolute Gasteiger partial charge is 0.494 e. The van der Waals surface area contributed by atoms with Crippen LogP contribution in [0, 0.1) is 25.2 Å². The number of likely N-dealkylation sites (tertiary alicyclic amines) is 1. The number of benzene rings is 2. The summed E-state index contributed by atoms with van der Waals surface area (Å²) in [5.41, 5.74) is 3.45. The number of carbonyl (C=O) groups is 1. The van der Waals surface area contributed by atoms with E-state index in [2.05, 4.69) is 12.1 Å². The Morgan fingerprint density at radius 3 is 2.47 bits per heavy atom. The van der Waals surface area contributed by atoms with E-state index in [1.807, 2.05) is 39.0 Å². The number of rotatable bonds is 5. The molecular formula is C27H27N3O3S. The van der Waals surface area contributed by atoms with Gasteiger partial charge in [0.1, 0.15) is 16.5 Å². The smallest absolute Gasteiger partial charge is 0.273 e. The molecule has 0 saturated carbocycles. The minimum absolute atomic E-state index is 0.00170. The third kappa shape index (κ3) is 4.68. The standard InChI is InChI=1S/C27H27N3O3S/c1-4-33-22-11-9-21(10-12-22)30-26(32)24(16-20-8-7-18(2)15-19(20)3)34-27(30)23(17-28)25(31)29-13-5-6-14-29/h7-12,15-16H,4-6,13-14H2,1-3H3/b24-16+,27-23-. The van der Waals surface area contributed by atoms with E-state index in [1.54, 1.807) is 29.2 Å². The number of hydrogen-bond acceptors (Lipinski definition) is 5. The third-order valence-electron chi connectivity index (χ3n) is 5.87. The topological polar surface area (TPSA) is 75.3 Å². The number of aryl methyl sites for hydroxylation is 2. The van der Waals surface area contributed by atoms with E-state index in [0.29, 0.717) is 40.3 Å². The second-order valence-corrected chi connectivity index (χ2v) is 9.36.